The molecule has 0 aliphatic carbocycles. The van der Waals surface area contributed by atoms with Gasteiger partial charge in [0.2, 0.25) is 0 Å². The number of amides is 1. The Hall–Kier alpha value is -2.63. The van der Waals surface area contributed by atoms with Gasteiger partial charge in [-0.05, 0) is 24.3 Å². The highest BCUT2D eigenvalue weighted by molar-refractivity contribution is 5.94. The number of rotatable bonds is 3. The molecule has 1 heterocycles. The minimum atomic E-state index is -0.827. The molecule has 1 aliphatic rings. The van der Waals surface area contributed by atoms with E-state index >= 15 is 0 Å². The Kier molecular flexibility index (Phi) is 4.64. The summed E-state index contributed by atoms with van der Waals surface area (Å²) in [4.78, 5) is 16.1. The fraction of sp³-hybridized carbons (Fsp3) is 0.278. The minimum Gasteiger partial charge on any atom is -0.495 e. The van der Waals surface area contributed by atoms with Gasteiger partial charge in [0, 0.05) is 32.2 Å². The molecule has 0 spiro atoms. The molecule has 0 unspecified atom stereocenters. The highest BCUT2D eigenvalue weighted by atomic mass is 19.1. The number of carbonyl (C=O) groups excluding carboxylic acids is 1. The summed E-state index contributed by atoms with van der Waals surface area (Å²) in [5.41, 5.74) is 0.877. The third-order valence-corrected chi connectivity index (χ3v) is 4.15. The fourth-order valence-corrected chi connectivity index (χ4v) is 2.87. The predicted octanol–water partition coefficient (Wildman–Crippen LogP) is 2.94. The van der Waals surface area contributed by atoms with Gasteiger partial charge < -0.3 is 14.5 Å². The van der Waals surface area contributed by atoms with Crippen molar-refractivity contribution in [2.75, 3.05) is 38.2 Å². The van der Waals surface area contributed by atoms with Crippen molar-refractivity contribution < 1.29 is 18.3 Å². The predicted molar refractivity (Wildman–Crippen MR) is 87.5 cm³/mol. The largest absolute Gasteiger partial charge is 0.495 e. The number of ether oxygens (including phenoxy) is 1. The number of para-hydroxylation sites is 2. The summed E-state index contributed by atoms with van der Waals surface area (Å²) < 4.78 is 32.1. The van der Waals surface area contributed by atoms with E-state index in [1.54, 1.807) is 12.0 Å². The molecule has 0 radical (unpaired) electrons. The van der Waals surface area contributed by atoms with E-state index in [1.807, 2.05) is 24.3 Å². The summed E-state index contributed by atoms with van der Waals surface area (Å²) in [7, 11) is 1.62. The van der Waals surface area contributed by atoms with Gasteiger partial charge in [0.25, 0.3) is 5.91 Å². The third-order valence-electron chi connectivity index (χ3n) is 4.15. The van der Waals surface area contributed by atoms with E-state index in [-0.39, 0.29) is 5.56 Å². The normalized spacial score (nSPS) is 14.6. The van der Waals surface area contributed by atoms with E-state index in [0.717, 1.165) is 23.6 Å². The molecule has 0 atom stereocenters. The Labute approximate surface area is 139 Å². The van der Waals surface area contributed by atoms with Gasteiger partial charge >= 0.3 is 0 Å². The number of methoxy groups -OCH3 is 1. The van der Waals surface area contributed by atoms with Crippen molar-refractivity contribution >= 4 is 11.6 Å². The maximum atomic E-state index is 13.8. The summed E-state index contributed by atoms with van der Waals surface area (Å²) in [5.74, 6) is -1.15. The maximum absolute atomic E-state index is 13.8. The molecule has 2 aromatic rings. The van der Waals surface area contributed by atoms with Gasteiger partial charge in [-0.3, -0.25) is 4.79 Å². The van der Waals surface area contributed by atoms with Crippen molar-refractivity contribution in [2.24, 2.45) is 0 Å². The first-order valence-electron chi connectivity index (χ1n) is 7.72. The second-order valence-electron chi connectivity index (χ2n) is 5.58. The fourth-order valence-electron chi connectivity index (χ4n) is 2.87. The standard InChI is InChI=1S/C18H18F2N2O2/c1-24-17-5-3-2-4-16(17)21-8-10-22(11-9-21)18(23)14-7-6-13(19)12-15(14)20/h2-7,12H,8-11H2,1H3. The Morgan fingerprint density at radius 2 is 1.75 bits per heavy atom. The number of carbonyl (C=O) groups is 1. The van der Waals surface area contributed by atoms with Crippen LogP contribution in [0.1, 0.15) is 10.4 Å². The Bertz CT molecular complexity index is 744. The zero-order chi connectivity index (χ0) is 17.1. The smallest absolute Gasteiger partial charge is 0.256 e. The highest BCUT2D eigenvalue weighted by Crippen LogP contribution is 2.28. The molecular weight excluding hydrogens is 314 g/mol. The lowest BCUT2D eigenvalue weighted by molar-refractivity contribution is 0.0742. The lowest BCUT2D eigenvalue weighted by Crippen LogP contribution is -2.49. The number of halogens is 2. The third kappa shape index (κ3) is 3.18. The van der Waals surface area contributed by atoms with Crippen molar-refractivity contribution in [3.63, 3.8) is 0 Å². The van der Waals surface area contributed by atoms with Gasteiger partial charge in [-0.2, -0.15) is 0 Å². The number of hydrogen-bond donors (Lipinski definition) is 0. The number of benzene rings is 2. The monoisotopic (exact) mass is 332 g/mol. The summed E-state index contributed by atoms with van der Waals surface area (Å²) in [6.07, 6.45) is 0. The van der Waals surface area contributed by atoms with Crippen LogP contribution in [0.5, 0.6) is 5.75 Å². The first-order valence-corrected chi connectivity index (χ1v) is 7.72. The van der Waals surface area contributed by atoms with Crippen LogP contribution in [-0.4, -0.2) is 44.1 Å². The average Bonchev–Trinajstić information content (AvgIpc) is 2.61. The van der Waals surface area contributed by atoms with Crippen molar-refractivity contribution in [3.8, 4) is 5.75 Å². The van der Waals surface area contributed by atoms with Crippen LogP contribution in [0.4, 0.5) is 14.5 Å². The number of hydrogen-bond acceptors (Lipinski definition) is 3. The Morgan fingerprint density at radius 1 is 1.04 bits per heavy atom. The highest BCUT2D eigenvalue weighted by Gasteiger charge is 2.25. The number of nitrogens with zero attached hydrogens (tertiary/aromatic N) is 2. The second kappa shape index (κ2) is 6.86. The van der Waals surface area contributed by atoms with Crippen LogP contribution in [0.15, 0.2) is 42.5 Å². The van der Waals surface area contributed by atoms with Crippen molar-refractivity contribution in [1.82, 2.24) is 4.90 Å². The Balaban J connectivity index is 1.69. The zero-order valence-electron chi connectivity index (χ0n) is 13.3. The SMILES string of the molecule is COc1ccccc1N1CCN(C(=O)c2ccc(F)cc2F)CC1. The van der Waals surface area contributed by atoms with Gasteiger partial charge in [-0.15, -0.1) is 0 Å². The zero-order valence-corrected chi connectivity index (χ0v) is 13.3. The summed E-state index contributed by atoms with van der Waals surface area (Å²) in [6, 6.07) is 10.7. The molecular formula is C18H18F2N2O2. The molecule has 0 bridgehead atoms. The van der Waals surface area contributed by atoms with Crippen LogP contribution in [-0.2, 0) is 0 Å². The molecule has 4 nitrogen and oxygen atoms in total. The summed E-state index contributed by atoms with van der Waals surface area (Å²) in [6.45, 7) is 2.17. The number of anilines is 1. The van der Waals surface area contributed by atoms with Gasteiger partial charge in [-0.1, -0.05) is 12.1 Å². The lowest BCUT2D eigenvalue weighted by atomic mass is 10.1. The topological polar surface area (TPSA) is 32.8 Å². The van der Waals surface area contributed by atoms with E-state index in [1.165, 1.54) is 6.07 Å². The molecule has 24 heavy (non-hydrogen) atoms. The van der Waals surface area contributed by atoms with Crippen molar-refractivity contribution in [3.05, 3.63) is 59.7 Å². The minimum absolute atomic E-state index is 0.0952. The molecule has 126 valence electrons. The van der Waals surface area contributed by atoms with E-state index in [4.69, 9.17) is 4.74 Å². The molecule has 0 N–H and O–H groups in total. The molecule has 1 aliphatic heterocycles. The molecule has 0 aromatic heterocycles. The van der Waals surface area contributed by atoms with Crippen LogP contribution < -0.4 is 9.64 Å². The first kappa shape index (κ1) is 16.2. The molecule has 6 heteroatoms. The quantitative estimate of drug-likeness (QED) is 0.866. The Morgan fingerprint density at radius 3 is 2.42 bits per heavy atom. The number of piperazine rings is 1. The van der Waals surface area contributed by atoms with Gasteiger partial charge in [0.1, 0.15) is 17.4 Å². The maximum Gasteiger partial charge on any atom is 0.256 e. The first-order chi connectivity index (χ1) is 11.6. The van der Waals surface area contributed by atoms with E-state index < -0.39 is 17.5 Å². The molecule has 1 saturated heterocycles. The molecule has 1 fully saturated rings. The van der Waals surface area contributed by atoms with E-state index in [0.29, 0.717) is 26.2 Å². The summed E-state index contributed by atoms with van der Waals surface area (Å²) in [5, 5.41) is 0. The van der Waals surface area contributed by atoms with Gasteiger partial charge in [-0.25, -0.2) is 8.78 Å². The molecule has 2 aromatic carbocycles. The van der Waals surface area contributed by atoms with Gasteiger partial charge in [0.05, 0.1) is 18.4 Å². The molecule has 1 amide bonds. The molecule has 0 saturated carbocycles. The summed E-state index contributed by atoms with van der Waals surface area (Å²) >= 11 is 0. The lowest BCUT2D eigenvalue weighted by Gasteiger charge is -2.36. The molecule has 3 rings (SSSR count). The van der Waals surface area contributed by atoms with Crippen LogP contribution >= 0.6 is 0 Å². The van der Waals surface area contributed by atoms with Crippen LogP contribution in [0, 0.1) is 11.6 Å². The second-order valence-corrected chi connectivity index (χ2v) is 5.58. The van der Waals surface area contributed by atoms with Crippen LogP contribution in [0.2, 0.25) is 0 Å². The van der Waals surface area contributed by atoms with Crippen LogP contribution in [0.25, 0.3) is 0 Å². The van der Waals surface area contributed by atoms with E-state index in [9.17, 15) is 13.6 Å². The van der Waals surface area contributed by atoms with Crippen molar-refractivity contribution in [2.45, 2.75) is 0 Å². The van der Waals surface area contributed by atoms with E-state index in [2.05, 4.69) is 4.90 Å². The van der Waals surface area contributed by atoms with Gasteiger partial charge in [0.15, 0.2) is 0 Å². The average molecular weight is 332 g/mol. The van der Waals surface area contributed by atoms with Crippen molar-refractivity contribution in [1.29, 1.82) is 0 Å². The van der Waals surface area contributed by atoms with Crippen LogP contribution in [0.3, 0.4) is 0 Å².